The van der Waals surface area contributed by atoms with Crippen LogP contribution in [0.3, 0.4) is 0 Å². The Hall–Kier alpha value is -1.92. The molecule has 0 aliphatic heterocycles. The van der Waals surface area contributed by atoms with Crippen molar-refractivity contribution in [2.45, 2.75) is 0 Å². The van der Waals surface area contributed by atoms with Crippen LogP contribution in [-0.2, 0) is 0 Å². The lowest BCUT2D eigenvalue weighted by atomic mass is 10.2. The summed E-state index contributed by atoms with van der Waals surface area (Å²) < 4.78 is 15.4. The number of carbonyl (C=O) groups is 1. The number of rotatable bonds is 2. The number of benzene rings is 1. The molecule has 0 radical (unpaired) electrons. The average molecular weight is 292 g/mol. The van der Waals surface area contributed by atoms with Crippen LogP contribution in [0.15, 0.2) is 35.7 Å². The largest absolute Gasteiger partial charge is 0.396 e. The minimum absolute atomic E-state index is 0.0645. The van der Waals surface area contributed by atoms with Gasteiger partial charge in [-0.3, -0.25) is 4.79 Å². The number of anilines is 2. The third-order valence-electron chi connectivity index (χ3n) is 2.62. The predicted molar refractivity (Wildman–Crippen MR) is 78.5 cm³/mol. The van der Waals surface area contributed by atoms with E-state index in [1.165, 1.54) is 23.5 Å². The van der Waals surface area contributed by atoms with Gasteiger partial charge in [0.25, 0.3) is 5.91 Å². The monoisotopic (exact) mass is 292 g/mol. The Morgan fingerprint density at radius 2 is 2.05 bits per heavy atom. The Balaban J connectivity index is 1.84. The SMILES string of the molecule is Nc1ccc(NC(=O)c2cc3sccc3s2)cc1F. The highest BCUT2D eigenvalue weighted by Crippen LogP contribution is 2.30. The van der Waals surface area contributed by atoms with Gasteiger partial charge in [-0.25, -0.2) is 4.39 Å². The Bertz CT molecular complexity index is 734. The summed E-state index contributed by atoms with van der Waals surface area (Å²) in [5.41, 5.74) is 5.84. The second-order valence-electron chi connectivity index (χ2n) is 3.95. The summed E-state index contributed by atoms with van der Waals surface area (Å²) >= 11 is 3.01. The van der Waals surface area contributed by atoms with Crippen molar-refractivity contribution in [3.63, 3.8) is 0 Å². The molecule has 0 saturated heterocycles. The average Bonchev–Trinajstić information content (AvgIpc) is 2.94. The Labute approximate surface area is 116 Å². The molecule has 0 fully saturated rings. The van der Waals surface area contributed by atoms with E-state index in [4.69, 9.17) is 5.73 Å². The van der Waals surface area contributed by atoms with Gasteiger partial charge in [0.05, 0.1) is 10.6 Å². The molecule has 0 bridgehead atoms. The van der Waals surface area contributed by atoms with Crippen LogP contribution in [0.2, 0.25) is 0 Å². The molecule has 3 nitrogen and oxygen atoms in total. The van der Waals surface area contributed by atoms with Crippen molar-refractivity contribution < 1.29 is 9.18 Å². The highest BCUT2D eigenvalue weighted by molar-refractivity contribution is 7.27. The smallest absolute Gasteiger partial charge is 0.265 e. The molecular weight excluding hydrogens is 283 g/mol. The van der Waals surface area contributed by atoms with Gasteiger partial charge in [-0.2, -0.15) is 0 Å². The maximum atomic E-state index is 13.3. The number of fused-ring (bicyclic) bond motifs is 1. The molecular formula is C13H9FN2OS2. The van der Waals surface area contributed by atoms with Crippen molar-refractivity contribution in [1.82, 2.24) is 0 Å². The second-order valence-corrected chi connectivity index (χ2v) is 5.98. The van der Waals surface area contributed by atoms with Crippen LogP contribution >= 0.6 is 22.7 Å². The van der Waals surface area contributed by atoms with Crippen molar-refractivity contribution in [1.29, 1.82) is 0 Å². The van der Waals surface area contributed by atoms with Gasteiger partial charge in [0.2, 0.25) is 0 Å². The van der Waals surface area contributed by atoms with Crippen molar-refractivity contribution in [2.75, 3.05) is 11.1 Å². The topological polar surface area (TPSA) is 55.1 Å². The van der Waals surface area contributed by atoms with Gasteiger partial charge >= 0.3 is 0 Å². The van der Waals surface area contributed by atoms with Crippen LogP contribution < -0.4 is 11.1 Å². The fourth-order valence-electron chi connectivity index (χ4n) is 1.68. The van der Waals surface area contributed by atoms with Crippen LogP contribution in [0.5, 0.6) is 0 Å². The van der Waals surface area contributed by atoms with Crippen LogP contribution in [0.4, 0.5) is 15.8 Å². The van der Waals surface area contributed by atoms with E-state index in [9.17, 15) is 9.18 Å². The third kappa shape index (κ3) is 2.32. The van der Waals surface area contributed by atoms with E-state index in [2.05, 4.69) is 5.32 Å². The standard InChI is InChI=1S/C13H9FN2OS2/c14-8-5-7(1-2-9(8)15)16-13(17)12-6-11-10(19-12)3-4-18-11/h1-6H,15H2,(H,16,17). The number of thiophene rings is 2. The van der Waals surface area contributed by atoms with E-state index in [0.717, 1.165) is 9.40 Å². The van der Waals surface area contributed by atoms with E-state index < -0.39 is 5.82 Å². The normalized spacial score (nSPS) is 10.8. The number of hydrogen-bond acceptors (Lipinski definition) is 4. The third-order valence-corrected chi connectivity index (χ3v) is 4.71. The number of carbonyl (C=O) groups excluding carboxylic acids is 1. The molecule has 0 spiro atoms. The van der Waals surface area contributed by atoms with Crippen LogP contribution in [0.25, 0.3) is 9.40 Å². The maximum absolute atomic E-state index is 13.3. The number of nitrogen functional groups attached to an aromatic ring is 1. The van der Waals surface area contributed by atoms with E-state index in [-0.39, 0.29) is 11.6 Å². The Morgan fingerprint density at radius 3 is 2.79 bits per heavy atom. The lowest BCUT2D eigenvalue weighted by Gasteiger charge is -2.04. The van der Waals surface area contributed by atoms with Gasteiger partial charge < -0.3 is 11.1 Å². The van der Waals surface area contributed by atoms with Crippen LogP contribution in [-0.4, -0.2) is 5.91 Å². The molecule has 2 heterocycles. The molecule has 0 aliphatic rings. The molecule has 3 rings (SSSR count). The van der Waals surface area contributed by atoms with E-state index in [0.29, 0.717) is 10.6 Å². The first kappa shape index (κ1) is 12.1. The Morgan fingerprint density at radius 1 is 1.21 bits per heavy atom. The fraction of sp³-hybridized carbons (Fsp3) is 0. The highest BCUT2D eigenvalue weighted by atomic mass is 32.1. The number of nitrogens with one attached hydrogen (secondary N) is 1. The highest BCUT2D eigenvalue weighted by Gasteiger charge is 2.11. The van der Waals surface area contributed by atoms with E-state index in [1.807, 2.05) is 17.5 Å². The first-order valence-electron chi connectivity index (χ1n) is 5.47. The van der Waals surface area contributed by atoms with Crippen molar-refractivity contribution >= 4 is 49.4 Å². The van der Waals surface area contributed by atoms with E-state index in [1.54, 1.807) is 17.4 Å². The van der Waals surface area contributed by atoms with Crippen molar-refractivity contribution in [2.24, 2.45) is 0 Å². The molecule has 3 aromatic rings. The number of nitrogens with two attached hydrogens (primary N) is 1. The molecule has 1 aromatic carbocycles. The van der Waals surface area contributed by atoms with Gasteiger partial charge in [-0.1, -0.05) is 0 Å². The van der Waals surface area contributed by atoms with Crippen molar-refractivity contribution in [3.05, 3.63) is 46.4 Å². The lowest BCUT2D eigenvalue weighted by molar-refractivity contribution is 0.103. The molecule has 96 valence electrons. The van der Waals surface area contributed by atoms with E-state index >= 15 is 0 Å². The van der Waals surface area contributed by atoms with Crippen LogP contribution in [0.1, 0.15) is 9.67 Å². The molecule has 1 amide bonds. The summed E-state index contributed by atoms with van der Waals surface area (Å²) in [4.78, 5) is 12.6. The molecule has 3 N–H and O–H groups in total. The zero-order valence-corrected chi connectivity index (χ0v) is 11.3. The first-order valence-corrected chi connectivity index (χ1v) is 7.16. The fourth-order valence-corrected chi connectivity index (χ4v) is 3.68. The number of hydrogen-bond donors (Lipinski definition) is 2. The molecule has 19 heavy (non-hydrogen) atoms. The lowest BCUT2D eigenvalue weighted by Crippen LogP contribution is -2.10. The van der Waals surface area contributed by atoms with Gasteiger partial charge in [-0.15, -0.1) is 22.7 Å². The molecule has 0 aliphatic carbocycles. The number of amides is 1. The molecule has 0 unspecified atom stereocenters. The molecule has 0 saturated carbocycles. The van der Waals surface area contributed by atoms with Crippen molar-refractivity contribution in [3.8, 4) is 0 Å². The molecule has 2 aromatic heterocycles. The number of halogens is 1. The summed E-state index contributed by atoms with van der Waals surface area (Å²) in [6.07, 6.45) is 0. The Kier molecular flexibility index (Phi) is 2.96. The summed E-state index contributed by atoms with van der Waals surface area (Å²) in [6.45, 7) is 0. The summed E-state index contributed by atoms with van der Waals surface area (Å²) in [5, 5.41) is 4.64. The minimum Gasteiger partial charge on any atom is -0.396 e. The summed E-state index contributed by atoms with van der Waals surface area (Å²) in [6, 6.07) is 8.03. The summed E-state index contributed by atoms with van der Waals surface area (Å²) in [5.74, 6) is -0.775. The predicted octanol–water partition coefficient (Wildman–Crippen LogP) is 3.94. The van der Waals surface area contributed by atoms with Gasteiger partial charge in [0.1, 0.15) is 5.82 Å². The first-order chi connectivity index (χ1) is 9.13. The van der Waals surface area contributed by atoms with Crippen LogP contribution in [0, 0.1) is 5.82 Å². The van der Waals surface area contributed by atoms with Gasteiger partial charge in [0.15, 0.2) is 0 Å². The molecule has 6 heteroatoms. The summed E-state index contributed by atoms with van der Waals surface area (Å²) in [7, 11) is 0. The van der Waals surface area contributed by atoms with Gasteiger partial charge in [0, 0.05) is 15.1 Å². The zero-order valence-electron chi connectivity index (χ0n) is 9.64. The molecule has 0 atom stereocenters. The quantitative estimate of drug-likeness (QED) is 0.703. The minimum atomic E-state index is -0.537. The maximum Gasteiger partial charge on any atom is 0.265 e. The second kappa shape index (κ2) is 4.64. The van der Waals surface area contributed by atoms with Gasteiger partial charge in [-0.05, 0) is 35.7 Å². The zero-order chi connectivity index (χ0) is 13.4.